The van der Waals surface area contributed by atoms with Crippen LogP contribution in [0.3, 0.4) is 0 Å². The minimum Gasteiger partial charge on any atom is -0.335 e. The molecule has 1 heterocycles. The Morgan fingerprint density at radius 3 is 2.81 bits per heavy atom. The minimum atomic E-state index is 0.157. The maximum Gasteiger partial charge on any atom is 0.317 e. The Hall–Kier alpha value is -0.770. The van der Waals surface area contributed by atoms with E-state index in [4.69, 9.17) is 0 Å². The van der Waals surface area contributed by atoms with Gasteiger partial charge in [-0.1, -0.05) is 6.92 Å². The molecule has 92 valence electrons. The summed E-state index contributed by atoms with van der Waals surface area (Å²) in [6, 6.07) is 0.633. The molecule has 1 saturated heterocycles. The van der Waals surface area contributed by atoms with Crippen molar-refractivity contribution in [1.82, 2.24) is 15.1 Å². The van der Waals surface area contributed by atoms with Crippen molar-refractivity contribution in [2.24, 2.45) is 5.92 Å². The molecule has 2 fully saturated rings. The lowest BCUT2D eigenvalue weighted by molar-refractivity contribution is 0.204. The van der Waals surface area contributed by atoms with Crippen LogP contribution >= 0.6 is 0 Å². The summed E-state index contributed by atoms with van der Waals surface area (Å²) >= 11 is 0. The largest absolute Gasteiger partial charge is 0.335 e. The molecular weight excluding hydrogens is 202 g/mol. The summed E-state index contributed by atoms with van der Waals surface area (Å²) in [5, 5.41) is 3.06. The molecule has 4 nitrogen and oxygen atoms in total. The lowest BCUT2D eigenvalue weighted by atomic mass is 10.1. The van der Waals surface area contributed by atoms with E-state index in [9.17, 15) is 4.79 Å². The van der Waals surface area contributed by atoms with Gasteiger partial charge in [0, 0.05) is 25.7 Å². The number of likely N-dealkylation sites (tertiary alicyclic amines) is 1. The van der Waals surface area contributed by atoms with Crippen LogP contribution in [0.1, 0.15) is 26.2 Å². The predicted octanol–water partition coefficient (Wildman–Crippen LogP) is 1.13. The molecule has 1 unspecified atom stereocenters. The molecule has 0 bridgehead atoms. The Morgan fingerprint density at radius 2 is 2.19 bits per heavy atom. The van der Waals surface area contributed by atoms with Gasteiger partial charge < -0.3 is 15.1 Å². The number of nitrogens with zero attached hydrogens (tertiary/aromatic N) is 2. The smallest absolute Gasteiger partial charge is 0.317 e. The highest BCUT2D eigenvalue weighted by atomic mass is 16.2. The van der Waals surface area contributed by atoms with Gasteiger partial charge in [-0.05, 0) is 38.8 Å². The average molecular weight is 225 g/mol. The molecule has 2 amide bonds. The van der Waals surface area contributed by atoms with E-state index < -0.39 is 0 Å². The van der Waals surface area contributed by atoms with Crippen LogP contribution in [-0.2, 0) is 0 Å². The average Bonchev–Trinajstić information content (AvgIpc) is 2.95. The maximum absolute atomic E-state index is 11.8. The summed E-state index contributed by atoms with van der Waals surface area (Å²) in [6.07, 6.45) is 3.49. The van der Waals surface area contributed by atoms with Crippen LogP contribution in [0.4, 0.5) is 4.79 Å². The topological polar surface area (TPSA) is 35.6 Å². The monoisotopic (exact) mass is 225 g/mol. The Morgan fingerprint density at radius 1 is 1.44 bits per heavy atom. The first kappa shape index (κ1) is 11.7. The zero-order valence-electron chi connectivity index (χ0n) is 10.4. The third-order valence-electron chi connectivity index (χ3n) is 3.59. The van der Waals surface area contributed by atoms with Crippen LogP contribution in [0.2, 0.25) is 0 Å². The summed E-state index contributed by atoms with van der Waals surface area (Å²) in [4.78, 5) is 16.1. The third kappa shape index (κ3) is 3.11. The predicted molar refractivity (Wildman–Crippen MR) is 64.4 cm³/mol. The van der Waals surface area contributed by atoms with Gasteiger partial charge >= 0.3 is 6.03 Å². The molecule has 16 heavy (non-hydrogen) atoms. The molecule has 0 radical (unpaired) electrons. The number of nitrogens with one attached hydrogen (secondary N) is 1. The second-order valence-electron chi connectivity index (χ2n) is 5.18. The maximum atomic E-state index is 11.8. The van der Waals surface area contributed by atoms with E-state index in [1.54, 1.807) is 0 Å². The SMILES string of the molecule is CCN(C)CC1CCN(C(=O)NC2CC2)C1. The van der Waals surface area contributed by atoms with Gasteiger partial charge in [0.05, 0.1) is 0 Å². The van der Waals surface area contributed by atoms with Crippen molar-refractivity contribution in [1.29, 1.82) is 0 Å². The quantitative estimate of drug-likeness (QED) is 0.778. The van der Waals surface area contributed by atoms with E-state index in [-0.39, 0.29) is 6.03 Å². The minimum absolute atomic E-state index is 0.157. The Labute approximate surface area is 98.0 Å². The van der Waals surface area contributed by atoms with Crippen molar-refractivity contribution >= 4 is 6.03 Å². The molecule has 2 aliphatic rings. The summed E-state index contributed by atoms with van der Waals surface area (Å²) in [5.74, 6) is 0.662. The van der Waals surface area contributed by atoms with E-state index in [0.29, 0.717) is 12.0 Å². The van der Waals surface area contributed by atoms with Crippen LogP contribution in [0.15, 0.2) is 0 Å². The van der Waals surface area contributed by atoms with Gasteiger partial charge in [0.15, 0.2) is 0 Å². The van der Waals surface area contributed by atoms with Crippen molar-refractivity contribution in [3.63, 3.8) is 0 Å². The molecule has 0 spiro atoms. The zero-order chi connectivity index (χ0) is 11.5. The first-order valence-corrected chi connectivity index (χ1v) is 6.43. The van der Waals surface area contributed by atoms with Gasteiger partial charge in [-0.3, -0.25) is 0 Å². The Kier molecular flexibility index (Phi) is 3.69. The van der Waals surface area contributed by atoms with Gasteiger partial charge in [-0.2, -0.15) is 0 Å². The molecular formula is C12H23N3O. The molecule has 1 atom stereocenters. The number of carbonyl (C=O) groups excluding carboxylic acids is 1. The summed E-state index contributed by atoms with van der Waals surface area (Å²) in [7, 11) is 2.15. The van der Waals surface area contributed by atoms with Crippen LogP contribution in [0.5, 0.6) is 0 Å². The van der Waals surface area contributed by atoms with E-state index in [1.807, 2.05) is 4.90 Å². The molecule has 1 aliphatic heterocycles. The van der Waals surface area contributed by atoms with Crippen LogP contribution in [0, 0.1) is 5.92 Å². The van der Waals surface area contributed by atoms with Crippen LogP contribution in [0.25, 0.3) is 0 Å². The second kappa shape index (κ2) is 5.04. The number of carbonyl (C=O) groups is 1. The zero-order valence-corrected chi connectivity index (χ0v) is 10.4. The Bertz CT molecular complexity index is 253. The fraction of sp³-hybridized carbons (Fsp3) is 0.917. The highest BCUT2D eigenvalue weighted by molar-refractivity contribution is 5.75. The van der Waals surface area contributed by atoms with Crippen molar-refractivity contribution < 1.29 is 4.79 Å². The first-order valence-electron chi connectivity index (χ1n) is 6.43. The lowest BCUT2D eigenvalue weighted by Crippen LogP contribution is -2.40. The molecule has 0 aromatic rings. The van der Waals surface area contributed by atoms with Crippen molar-refractivity contribution in [3.8, 4) is 0 Å². The van der Waals surface area contributed by atoms with Crippen molar-refractivity contribution in [3.05, 3.63) is 0 Å². The lowest BCUT2D eigenvalue weighted by Gasteiger charge is -2.20. The molecule has 1 aliphatic carbocycles. The van der Waals surface area contributed by atoms with E-state index >= 15 is 0 Å². The first-order chi connectivity index (χ1) is 7.69. The van der Waals surface area contributed by atoms with E-state index in [2.05, 4.69) is 24.2 Å². The van der Waals surface area contributed by atoms with Gasteiger partial charge in [-0.15, -0.1) is 0 Å². The summed E-state index contributed by atoms with van der Waals surface area (Å²) < 4.78 is 0. The number of hydrogen-bond acceptors (Lipinski definition) is 2. The fourth-order valence-electron chi connectivity index (χ4n) is 2.23. The van der Waals surface area contributed by atoms with E-state index in [1.165, 1.54) is 12.8 Å². The molecule has 2 rings (SSSR count). The molecule has 4 heteroatoms. The van der Waals surface area contributed by atoms with Crippen molar-refractivity contribution in [2.75, 3.05) is 33.2 Å². The third-order valence-corrected chi connectivity index (χ3v) is 3.59. The van der Waals surface area contributed by atoms with Crippen molar-refractivity contribution in [2.45, 2.75) is 32.2 Å². The van der Waals surface area contributed by atoms with Gasteiger partial charge in [0.1, 0.15) is 0 Å². The van der Waals surface area contributed by atoms with Gasteiger partial charge in [0.2, 0.25) is 0 Å². The Balaban J connectivity index is 1.71. The molecule has 0 aromatic heterocycles. The summed E-state index contributed by atoms with van der Waals surface area (Å²) in [5.41, 5.74) is 0. The highest BCUT2D eigenvalue weighted by Crippen LogP contribution is 2.21. The molecule has 0 aromatic carbocycles. The number of rotatable bonds is 4. The summed E-state index contributed by atoms with van der Waals surface area (Å²) in [6.45, 7) is 6.24. The number of urea groups is 1. The fourth-order valence-corrected chi connectivity index (χ4v) is 2.23. The molecule has 1 saturated carbocycles. The normalized spacial score (nSPS) is 25.2. The highest BCUT2D eigenvalue weighted by Gasteiger charge is 2.30. The van der Waals surface area contributed by atoms with Gasteiger partial charge in [0.25, 0.3) is 0 Å². The molecule has 1 N–H and O–H groups in total. The number of amides is 2. The van der Waals surface area contributed by atoms with Crippen LogP contribution < -0.4 is 5.32 Å². The van der Waals surface area contributed by atoms with Crippen LogP contribution in [-0.4, -0.2) is 55.1 Å². The van der Waals surface area contributed by atoms with Gasteiger partial charge in [-0.25, -0.2) is 4.79 Å². The standard InChI is InChI=1S/C12H23N3O/c1-3-14(2)8-10-6-7-15(9-10)12(16)13-11-4-5-11/h10-11H,3-9H2,1-2H3,(H,13,16). The second-order valence-corrected chi connectivity index (χ2v) is 5.18. The van der Waals surface area contributed by atoms with E-state index in [0.717, 1.165) is 32.6 Å². The number of hydrogen-bond donors (Lipinski definition) is 1.